The number of nitrogens with one attached hydrogen (secondary N) is 2. The zero-order valence-corrected chi connectivity index (χ0v) is 17.3. The van der Waals surface area contributed by atoms with Crippen molar-refractivity contribution < 1.29 is 17.6 Å². The van der Waals surface area contributed by atoms with Crippen molar-refractivity contribution in [2.45, 2.75) is 23.8 Å². The molecule has 5 nitrogen and oxygen atoms in total. The number of rotatable bonds is 5. The molecule has 3 aromatic rings. The van der Waals surface area contributed by atoms with Gasteiger partial charge in [-0.05, 0) is 66.4 Å². The molecule has 1 aliphatic rings. The van der Waals surface area contributed by atoms with Gasteiger partial charge in [-0.2, -0.15) is 0 Å². The average molecular weight is 445 g/mol. The maximum atomic E-state index is 13.8. The molecule has 1 aliphatic carbocycles. The van der Waals surface area contributed by atoms with E-state index in [0.717, 1.165) is 30.0 Å². The van der Waals surface area contributed by atoms with Crippen LogP contribution in [-0.2, 0) is 16.4 Å². The Morgan fingerprint density at radius 2 is 1.83 bits per heavy atom. The number of benzene rings is 3. The minimum atomic E-state index is -4.06. The van der Waals surface area contributed by atoms with E-state index in [1.807, 2.05) is 12.1 Å². The van der Waals surface area contributed by atoms with Gasteiger partial charge in [0.25, 0.3) is 15.9 Å². The van der Waals surface area contributed by atoms with Crippen LogP contribution in [0.1, 0.15) is 33.9 Å². The van der Waals surface area contributed by atoms with Crippen molar-refractivity contribution in [3.63, 3.8) is 0 Å². The molecule has 1 atom stereocenters. The number of hydrogen-bond acceptors (Lipinski definition) is 3. The number of aryl methyl sites for hydroxylation is 1. The molecular weight excluding hydrogens is 427 g/mol. The Balaban J connectivity index is 1.54. The van der Waals surface area contributed by atoms with E-state index in [2.05, 4.69) is 10.0 Å². The van der Waals surface area contributed by atoms with Gasteiger partial charge < -0.3 is 5.32 Å². The molecule has 2 N–H and O–H groups in total. The molecule has 3 aromatic carbocycles. The van der Waals surface area contributed by atoms with E-state index in [9.17, 15) is 17.6 Å². The molecule has 8 heteroatoms. The van der Waals surface area contributed by atoms with Gasteiger partial charge in [-0.25, -0.2) is 12.8 Å². The summed E-state index contributed by atoms with van der Waals surface area (Å²) in [5.74, 6) is -1.07. The zero-order valence-electron chi connectivity index (χ0n) is 15.7. The van der Waals surface area contributed by atoms with Gasteiger partial charge in [-0.15, -0.1) is 0 Å². The van der Waals surface area contributed by atoms with Gasteiger partial charge in [0.2, 0.25) is 0 Å². The number of halogens is 2. The van der Waals surface area contributed by atoms with Crippen LogP contribution in [0.4, 0.5) is 10.1 Å². The van der Waals surface area contributed by atoms with Crippen molar-refractivity contribution >= 4 is 33.2 Å². The summed E-state index contributed by atoms with van der Waals surface area (Å²) in [5, 5.41) is 3.60. The van der Waals surface area contributed by atoms with Gasteiger partial charge >= 0.3 is 0 Å². The van der Waals surface area contributed by atoms with Crippen molar-refractivity contribution in [1.29, 1.82) is 0 Å². The lowest BCUT2D eigenvalue weighted by Gasteiger charge is -2.15. The van der Waals surface area contributed by atoms with Gasteiger partial charge in [0.05, 0.1) is 16.6 Å². The highest BCUT2D eigenvalue weighted by Gasteiger charge is 2.25. The van der Waals surface area contributed by atoms with Crippen LogP contribution in [-0.4, -0.2) is 14.3 Å². The molecule has 154 valence electrons. The van der Waals surface area contributed by atoms with Crippen molar-refractivity contribution in [2.75, 3.05) is 4.72 Å². The standard InChI is InChI=1S/C22H18ClFN2O3S/c23-16-9-10-18-14(12-16)8-11-20(18)25-22(27)15-4-3-5-17(13-15)30(28,29)26-21-7-2-1-6-19(21)24/h1-7,9-10,12-13,20,26H,8,11H2,(H,25,27). The van der Waals surface area contributed by atoms with Crippen molar-refractivity contribution in [2.24, 2.45) is 0 Å². The van der Waals surface area contributed by atoms with Crippen LogP contribution >= 0.6 is 11.6 Å². The molecular formula is C22H18ClFN2O3S. The smallest absolute Gasteiger partial charge is 0.262 e. The van der Waals surface area contributed by atoms with Crippen LogP contribution in [0, 0.1) is 5.82 Å². The summed E-state index contributed by atoms with van der Waals surface area (Å²) in [6, 6.07) is 16.5. The second kappa shape index (κ2) is 8.08. The quantitative estimate of drug-likeness (QED) is 0.599. The molecule has 4 rings (SSSR count). The van der Waals surface area contributed by atoms with Gasteiger partial charge in [0.1, 0.15) is 5.82 Å². The minimum Gasteiger partial charge on any atom is -0.345 e. The Kier molecular flexibility index (Phi) is 5.49. The molecule has 0 fully saturated rings. The molecule has 0 aromatic heterocycles. The minimum absolute atomic E-state index is 0.128. The highest BCUT2D eigenvalue weighted by atomic mass is 35.5. The first-order chi connectivity index (χ1) is 14.3. The number of sulfonamides is 1. The number of carbonyl (C=O) groups excluding carboxylic acids is 1. The molecule has 0 aliphatic heterocycles. The number of amides is 1. The maximum Gasteiger partial charge on any atom is 0.262 e. The topological polar surface area (TPSA) is 75.3 Å². The molecule has 0 bridgehead atoms. The van der Waals surface area contributed by atoms with Gasteiger partial charge in [0.15, 0.2) is 0 Å². The molecule has 0 radical (unpaired) electrons. The van der Waals surface area contributed by atoms with Crippen LogP contribution in [0.3, 0.4) is 0 Å². The lowest BCUT2D eigenvalue weighted by Crippen LogP contribution is -2.27. The molecule has 0 saturated carbocycles. The van der Waals surface area contributed by atoms with Gasteiger partial charge in [-0.3, -0.25) is 9.52 Å². The summed E-state index contributed by atoms with van der Waals surface area (Å²) in [6.07, 6.45) is 1.55. The number of hydrogen-bond donors (Lipinski definition) is 2. The number of para-hydroxylation sites is 1. The summed E-state index contributed by atoms with van der Waals surface area (Å²) in [6.45, 7) is 0. The fourth-order valence-corrected chi connectivity index (χ4v) is 4.84. The second-order valence-corrected chi connectivity index (χ2v) is 9.14. The number of fused-ring (bicyclic) bond motifs is 1. The Bertz CT molecular complexity index is 1230. The zero-order chi connectivity index (χ0) is 21.3. The average Bonchev–Trinajstić information content (AvgIpc) is 3.11. The lowest BCUT2D eigenvalue weighted by atomic mass is 10.1. The Morgan fingerprint density at radius 1 is 1.03 bits per heavy atom. The number of carbonyl (C=O) groups is 1. The lowest BCUT2D eigenvalue weighted by molar-refractivity contribution is 0.0936. The Labute approximate surface area is 178 Å². The van der Waals surface area contributed by atoms with Crippen molar-refractivity contribution in [3.8, 4) is 0 Å². The van der Waals surface area contributed by atoms with E-state index in [1.165, 1.54) is 42.5 Å². The maximum absolute atomic E-state index is 13.8. The van der Waals surface area contributed by atoms with Crippen LogP contribution in [0.15, 0.2) is 71.6 Å². The first-order valence-electron chi connectivity index (χ1n) is 9.30. The first-order valence-corrected chi connectivity index (χ1v) is 11.2. The largest absolute Gasteiger partial charge is 0.345 e. The molecule has 30 heavy (non-hydrogen) atoms. The van der Waals surface area contributed by atoms with E-state index in [4.69, 9.17) is 11.6 Å². The summed E-state index contributed by atoms with van der Waals surface area (Å²) in [4.78, 5) is 12.6. The highest BCUT2D eigenvalue weighted by Crippen LogP contribution is 2.33. The monoisotopic (exact) mass is 444 g/mol. The third kappa shape index (κ3) is 4.17. The SMILES string of the molecule is O=C(NC1CCc2cc(Cl)ccc21)c1cccc(S(=O)(=O)Nc2ccccc2F)c1. The highest BCUT2D eigenvalue weighted by molar-refractivity contribution is 7.92. The normalized spacial score (nSPS) is 15.5. The molecule has 0 saturated heterocycles. The molecule has 1 unspecified atom stereocenters. The predicted molar refractivity (Wildman–Crippen MR) is 114 cm³/mol. The van der Waals surface area contributed by atoms with Gasteiger partial charge in [-0.1, -0.05) is 35.9 Å². The van der Waals surface area contributed by atoms with Crippen LogP contribution in [0.5, 0.6) is 0 Å². The van der Waals surface area contributed by atoms with E-state index in [1.54, 1.807) is 6.07 Å². The Hall–Kier alpha value is -2.90. The van der Waals surface area contributed by atoms with E-state index in [-0.39, 0.29) is 28.1 Å². The molecule has 0 heterocycles. The third-order valence-electron chi connectivity index (χ3n) is 5.01. The fourth-order valence-electron chi connectivity index (χ4n) is 3.53. The summed E-state index contributed by atoms with van der Waals surface area (Å²) >= 11 is 6.03. The van der Waals surface area contributed by atoms with E-state index in [0.29, 0.717) is 5.02 Å². The van der Waals surface area contributed by atoms with E-state index >= 15 is 0 Å². The first kappa shape index (κ1) is 20.4. The van der Waals surface area contributed by atoms with Crippen LogP contribution in [0.25, 0.3) is 0 Å². The van der Waals surface area contributed by atoms with Crippen molar-refractivity contribution in [3.05, 3.63) is 94.3 Å². The Morgan fingerprint density at radius 3 is 2.63 bits per heavy atom. The van der Waals surface area contributed by atoms with E-state index < -0.39 is 15.8 Å². The van der Waals surface area contributed by atoms with Crippen LogP contribution in [0.2, 0.25) is 5.02 Å². The van der Waals surface area contributed by atoms with Gasteiger partial charge in [0, 0.05) is 10.6 Å². The predicted octanol–water partition coefficient (Wildman–Crippen LogP) is 4.70. The van der Waals surface area contributed by atoms with Crippen LogP contribution < -0.4 is 10.0 Å². The molecule has 1 amide bonds. The number of anilines is 1. The second-order valence-electron chi connectivity index (χ2n) is 7.02. The fraction of sp³-hybridized carbons (Fsp3) is 0.136. The summed E-state index contributed by atoms with van der Waals surface area (Å²) in [5.41, 5.74) is 2.15. The summed E-state index contributed by atoms with van der Waals surface area (Å²) < 4.78 is 41.3. The third-order valence-corrected chi connectivity index (χ3v) is 6.61. The molecule has 0 spiro atoms. The van der Waals surface area contributed by atoms with Crippen molar-refractivity contribution in [1.82, 2.24) is 5.32 Å². The summed E-state index contributed by atoms with van der Waals surface area (Å²) in [7, 11) is -4.06.